The second-order valence-electron chi connectivity index (χ2n) is 3.32. The van der Waals surface area contributed by atoms with Gasteiger partial charge >= 0.3 is 0 Å². The van der Waals surface area contributed by atoms with Gasteiger partial charge in [0.15, 0.2) is 0 Å². The molecule has 0 spiro atoms. The van der Waals surface area contributed by atoms with Crippen molar-refractivity contribution in [2.75, 3.05) is 0 Å². The summed E-state index contributed by atoms with van der Waals surface area (Å²) in [6.45, 7) is 0. The highest BCUT2D eigenvalue weighted by atomic mass is 35.5. The molecule has 3 rings (SSSR count). The smallest absolute Gasteiger partial charge is 0.222 e. The average molecular weight is 266 g/mol. The normalized spacial score (nSPS) is 10.9. The molecule has 3 heterocycles. The number of aromatic amines is 1. The predicted molar refractivity (Wildman–Crippen MR) is 64.9 cm³/mol. The third-order valence-corrected chi connectivity index (χ3v) is 2.78. The lowest BCUT2D eigenvalue weighted by Crippen LogP contribution is -1.88. The first-order chi connectivity index (χ1) is 8.25. The molecule has 84 valence electrons. The van der Waals surface area contributed by atoms with Crippen molar-refractivity contribution in [2.24, 2.45) is 0 Å². The fourth-order valence-corrected chi connectivity index (χ4v) is 1.92. The van der Waals surface area contributed by atoms with E-state index in [1.54, 1.807) is 12.4 Å². The molecule has 0 saturated carbocycles. The van der Waals surface area contributed by atoms with Crippen LogP contribution in [0.5, 0.6) is 0 Å². The molecular weight excluding hydrogens is 261 g/mol. The summed E-state index contributed by atoms with van der Waals surface area (Å²) in [4.78, 5) is 19.0. The number of halogens is 2. The van der Waals surface area contributed by atoms with Crippen LogP contribution in [0.3, 0.4) is 0 Å². The summed E-state index contributed by atoms with van der Waals surface area (Å²) >= 11 is 11.8. The van der Waals surface area contributed by atoms with Crippen LogP contribution in [0.2, 0.25) is 10.3 Å². The standard InChI is InChI=1S/C10H5Cl2N5/c11-7-3-15-10(12)17-8(7)5-2-14-9-6(5)1-13-4-16-9/h1-4H,(H,13,14,16). The zero-order valence-electron chi connectivity index (χ0n) is 8.35. The third kappa shape index (κ3) is 1.73. The molecule has 0 amide bonds. The van der Waals surface area contributed by atoms with Gasteiger partial charge in [0.25, 0.3) is 0 Å². The number of hydrogen-bond donors (Lipinski definition) is 1. The van der Waals surface area contributed by atoms with Gasteiger partial charge in [-0.3, -0.25) is 0 Å². The van der Waals surface area contributed by atoms with Gasteiger partial charge in [-0.15, -0.1) is 0 Å². The van der Waals surface area contributed by atoms with Crippen LogP contribution in [0, 0.1) is 0 Å². The summed E-state index contributed by atoms with van der Waals surface area (Å²) in [6, 6.07) is 0. The fraction of sp³-hybridized carbons (Fsp3) is 0. The van der Waals surface area contributed by atoms with Crippen LogP contribution >= 0.6 is 23.2 Å². The van der Waals surface area contributed by atoms with E-state index in [0.29, 0.717) is 10.7 Å². The minimum absolute atomic E-state index is 0.149. The van der Waals surface area contributed by atoms with Crippen LogP contribution < -0.4 is 0 Å². The molecule has 0 atom stereocenters. The van der Waals surface area contributed by atoms with Gasteiger partial charge in [0.1, 0.15) is 12.0 Å². The molecule has 0 saturated heterocycles. The van der Waals surface area contributed by atoms with E-state index in [4.69, 9.17) is 23.2 Å². The van der Waals surface area contributed by atoms with Gasteiger partial charge in [-0.05, 0) is 11.6 Å². The average Bonchev–Trinajstić information content (AvgIpc) is 2.76. The monoisotopic (exact) mass is 265 g/mol. The van der Waals surface area contributed by atoms with E-state index in [2.05, 4.69) is 24.9 Å². The highest BCUT2D eigenvalue weighted by Gasteiger charge is 2.12. The van der Waals surface area contributed by atoms with E-state index >= 15 is 0 Å². The van der Waals surface area contributed by atoms with Crippen molar-refractivity contribution in [1.82, 2.24) is 24.9 Å². The van der Waals surface area contributed by atoms with E-state index in [1.807, 2.05) is 0 Å². The van der Waals surface area contributed by atoms with E-state index < -0.39 is 0 Å². The first kappa shape index (κ1) is 10.4. The Morgan fingerprint density at radius 2 is 2.00 bits per heavy atom. The molecule has 0 unspecified atom stereocenters. The van der Waals surface area contributed by atoms with Crippen molar-refractivity contribution in [3.63, 3.8) is 0 Å². The van der Waals surface area contributed by atoms with E-state index in [9.17, 15) is 0 Å². The molecule has 3 aromatic heterocycles. The minimum Gasteiger partial charge on any atom is -0.345 e. The zero-order chi connectivity index (χ0) is 11.8. The highest BCUT2D eigenvalue weighted by Crippen LogP contribution is 2.30. The zero-order valence-corrected chi connectivity index (χ0v) is 9.87. The van der Waals surface area contributed by atoms with E-state index in [-0.39, 0.29) is 5.28 Å². The van der Waals surface area contributed by atoms with Crippen molar-refractivity contribution in [1.29, 1.82) is 0 Å². The molecule has 7 heteroatoms. The van der Waals surface area contributed by atoms with Crippen LogP contribution in [0.4, 0.5) is 0 Å². The quantitative estimate of drug-likeness (QED) is 0.687. The summed E-state index contributed by atoms with van der Waals surface area (Å²) in [5.41, 5.74) is 2.09. The Morgan fingerprint density at radius 3 is 2.88 bits per heavy atom. The third-order valence-electron chi connectivity index (χ3n) is 2.33. The highest BCUT2D eigenvalue weighted by molar-refractivity contribution is 6.34. The Morgan fingerprint density at radius 1 is 1.12 bits per heavy atom. The van der Waals surface area contributed by atoms with Gasteiger partial charge in [0.2, 0.25) is 5.28 Å². The molecule has 1 N–H and O–H groups in total. The number of nitrogens with one attached hydrogen (secondary N) is 1. The molecule has 0 bridgehead atoms. The van der Waals surface area contributed by atoms with Gasteiger partial charge in [-0.25, -0.2) is 19.9 Å². The summed E-state index contributed by atoms with van der Waals surface area (Å²) in [5.74, 6) is 0. The fourth-order valence-electron chi connectivity index (χ4n) is 1.59. The van der Waals surface area contributed by atoms with Crippen LogP contribution in [0.25, 0.3) is 22.3 Å². The molecule has 0 aliphatic carbocycles. The van der Waals surface area contributed by atoms with Gasteiger partial charge in [-0.2, -0.15) is 0 Å². The molecule has 0 radical (unpaired) electrons. The SMILES string of the molecule is Clc1ncc(Cl)c(-c2c[nH]c3ncncc23)n1. The van der Waals surface area contributed by atoms with Gasteiger partial charge in [-0.1, -0.05) is 11.6 Å². The summed E-state index contributed by atoms with van der Waals surface area (Å²) < 4.78 is 0. The van der Waals surface area contributed by atoms with Crippen molar-refractivity contribution in [2.45, 2.75) is 0 Å². The predicted octanol–water partition coefficient (Wildman–Crippen LogP) is 2.72. The first-order valence-corrected chi connectivity index (χ1v) is 5.47. The van der Waals surface area contributed by atoms with Crippen molar-refractivity contribution in [3.8, 4) is 11.3 Å². The lowest BCUT2D eigenvalue weighted by molar-refractivity contribution is 1.17. The lowest BCUT2D eigenvalue weighted by Gasteiger charge is -2.01. The molecule has 0 fully saturated rings. The largest absolute Gasteiger partial charge is 0.345 e. The second kappa shape index (κ2) is 3.94. The van der Waals surface area contributed by atoms with E-state index in [1.165, 1.54) is 12.5 Å². The van der Waals surface area contributed by atoms with Crippen LogP contribution in [0.1, 0.15) is 0 Å². The topological polar surface area (TPSA) is 67.3 Å². The number of nitrogens with zero attached hydrogens (tertiary/aromatic N) is 4. The van der Waals surface area contributed by atoms with Gasteiger partial charge in [0.05, 0.1) is 16.9 Å². The maximum absolute atomic E-state index is 6.05. The first-order valence-electron chi connectivity index (χ1n) is 4.71. The van der Waals surface area contributed by atoms with Crippen LogP contribution in [0.15, 0.2) is 24.9 Å². The Bertz CT molecular complexity index is 694. The molecule has 3 aromatic rings. The lowest BCUT2D eigenvalue weighted by atomic mass is 10.2. The number of rotatable bonds is 1. The van der Waals surface area contributed by atoms with E-state index in [0.717, 1.165) is 16.6 Å². The second-order valence-corrected chi connectivity index (χ2v) is 4.07. The van der Waals surface area contributed by atoms with Crippen LogP contribution in [-0.4, -0.2) is 24.9 Å². The number of fused-ring (bicyclic) bond motifs is 1. The van der Waals surface area contributed by atoms with Gasteiger partial charge < -0.3 is 4.98 Å². The number of hydrogen-bond acceptors (Lipinski definition) is 4. The molecular formula is C10H5Cl2N5. The number of H-pyrrole nitrogens is 1. The minimum atomic E-state index is 0.149. The van der Waals surface area contributed by atoms with Crippen molar-refractivity contribution >= 4 is 34.2 Å². The summed E-state index contributed by atoms with van der Waals surface area (Å²) in [6.07, 6.45) is 6.40. The van der Waals surface area contributed by atoms with Gasteiger partial charge in [0, 0.05) is 23.3 Å². The number of aromatic nitrogens is 5. The summed E-state index contributed by atoms with van der Waals surface area (Å²) in [5, 5.41) is 1.42. The summed E-state index contributed by atoms with van der Waals surface area (Å²) in [7, 11) is 0. The Hall–Kier alpha value is -1.72. The molecule has 17 heavy (non-hydrogen) atoms. The maximum Gasteiger partial charge on any atom is 0.222 e. The van der Waals surface area contributed by atoms with Crippen LogP contribution in [-0.2, 0) is 0 Å². The van der Waals surface area contributed by atoms with Crippen molar-refractivity contribution < 1.29 is 0 Å². The van der Waals surface area contributed by atoms with Crippen molar-refractivity contribution in [3.05, 3.63) is 35.2 Å². The maximum atomic E-state index is 6.05. The molecule has 5 nitrogen and oxygen atoms in total. The Kier molecular flexibility index (Phi) is 2.42. The molecule has 0 aliphatic rings. The molecule has 0 aliphatic heterocycles. The molecule has 0 aromatic carbocycles. The Balaban J connectivity index is 2.31. The Labute approximate surface area is 106 Å².